The first-order valence-electron chi connectivity index (χ1n) is 8.49. The summed E-state index contributed by atoms with van der Waals surface area (Å²) < 4.78 is 0. The van der Waals surface area contributed by atoms with E-state index in [1.54, 1.807) is 0 Å². The highest BCUT2D eigenvalue weighted by atomic mass is 14.2. The van der Waals surface area contributed by atoms with Gasteiger partial charge in [-0.2, -0.15) is 0 Å². The summed E-state index contributed by atoms with van der Waals surface area (Å²) in [6, 6.07) is 0. The smallest absolute Gasteiger partial charge is 0.0414 e. The SMILES string of the molecule is CCC(C)CC(C)CCCCC(CC)CC(C)C. The van der Waals surface area contributed by atoms with E-state index < -0.39 is 0 Å². The Morgan fingerprint density at radius 2 is 1.28 bits per heavy atom. The fraction of sp³-hybridized carbons (Fsp3) is 1.00. The third-order valence-corrected chi connectivity index (χ3v) is 4.44. The molecule has 0 fully saturated rings. The molecule has 0 aromatic rings. The van der Waals surface area contributed by atoms with E-state index in [4.69, 9.17) is 0 Å². The molecular weight excluding hydrogens is 216 g/mol. The maximum absolute atomic E-state index is 2.44. The minimum Gasteiger partial charge on any atom is -0.0651 e. The highest BCUT2D eigenvalue weighted by molar-refractivity contribution is 4.62. The van der Waals surface area contributed by atoms with Crippen LogP contribution in [0.1, 0.15) is 92.9 Å². The van der Waals surface area contributed by atoms with Crippen LogP contribution in [0.4, 0.5) is 0 Å². The molecule has 0 saturated heterocycles. The monoisotopic (exact) mass is 254 g/mol. The first-order valence-corrected chi connectivity index (χ1v) is 8.49. The molecule has 0 aliphatic carbocycles. The van der Waals surface area contributed by atoms with E-state index in [2.05, 4.69) is 41.5 Å². The highest BCUT2D eigenvalue weighted by Crippen LogP contribution is 2.24. The van der Waals surface area contributed by atoms with E-state index in [1.165, 1.54) is 51.4 Å². The number of rotatable bonds is 11. The van der Waals surface area contributed by atoms with E-state index >= 15 is 0 Å². The molecule has 3 unspecified atom stereocenters. The second-order valence-electron chi connectivity index (χ2n) is 7.04. The molecule has 18 heavy (non-hydrogen) atoms. The summed E-state index contributed by atoms with van der Waals surface area (Å²) in [6.45, 7) is 14.2. The number of hydrogen-bond acceptors (Lipinski definition) is 0. The van der Waals surface area contributed by atoms with E-state index in [1.807, 2.05) is 0 Å². The Hall–Kier alpha value is 0. The van der Waals surface area contributed by atoms with Gasteiger partial charge in [-0.15, -0.1) is 0 Å². The maximum atomic E-state index is 2.44. The average molecular weight is 255 g/mol. The molecule has 0 bridgehead atoms. The van der Waals surface area contributed by atoms with Gasteiger partial charge in [0, 0.05) is 0 Å². The van der Waals surface area contributed by atoms with Crippen LogP contribution in [0.25, 0.3) is 0 Å². The normalized spacial score (nSPS) is 16.8. The van der Waals surface area contributed by atoms with Crippen LogP contribution < -0.4 is 0 Å². The molecule has 0 saturated carbocycles. The van der Waals surface area contributed by atoms with Crippen molar-refractivity contribution in [3.8, 4) is 0 Å². The van der Waals surface area contributed by atoms with Crippen molar-refractivity contribution in [1.29, 1.82) is 0 Å². The molecule has 0 heterocycles. The summed E-state index contributed by atoms with van der Waals surface area (Å²) in [6.07, 6.45) is 11.4. The van der Waals surface area contributed by atoms with Gasteiger partial charge in [0.1, 0.15) is 0 Å². The van der Waals surface area contributed by atoms with Crippen LogP contribution in [0.15, 0.2) is 0 Å². The number of hydrogen-bond donors (Lipinski definition) is 0. The van der Waals surface area contributed by atoms with Crippen LogP contribution in [0.3, 0.4) is 0 Å². The summed E-state index contributed by atoms with van der Waals surface area (Å²) >= 11 is 0. The summed E-state index contributed by atoms with van der Waals surface area (Å²) in [5, 5.41) is 0. The molecule has 0 aromatic heterocycles. The quantitative estimate of drug-likeness (QED) is 0.360. The molecule has 3 atom stereocenters. The van der Waals surface area contributed by atoms with Crippen molar-refractivity contribution < 1.29 is 0 Å². The van der Waals surface area contributed by atoms with Gasteiger partial charge < -0.3 is 0 Å². The Kier molecular flexibility index (Phi) is 10.9. The van der Waals surface area contributed by atoms with Crippen LogP contribution in [-0.2, 0) is 0 Å². The molecule has 0 heteroatoms. The predicted molar refractivity (Wildman–Crippen MR) is 84.9 cm³/mol. The van der Waals surface area contributed by atoms with E-state index in [9.17, 15) is 0 Å². The van der Waals surface area contributed by atoms with E-state index in [0.29, 0.717) is 0 Å². The van der Waals surface area contributed by atoms with E-state index in [-0.39, 0.29) is 0 Å². The molecule has 0 N–H and O–H groups in total. The Labute approximate surface area is 117 Å². The standard InChI is InChI=1S/C18H38/c1-7-16(5)14-17(6)11-9-10-12-18(8-2)13-15(3)4/h15-18H,7-14H2,1-6H3. The van der Waals surface area contributed by atoms with Gasteiger partial charge in [-0.3, -0.25) is 0 Å². The third kappa shape index (κ3) is 9.97. The molecule has 0 aliphatic rings. The largest absolute Gasteiger partial charge is 0.0651 e. The van der Waals surface area contributed by atoms with Gasteiger partial charge in [0.05, 0.1) is 0 Å². The summed E-state index contributed by atoms with van der Waals surface area (Å²) in [4.78, 5) is 0. The fourth-order valence-corrected chi connectivity index (χ4v) is 3.05. The average Bonchev–Trinajstić information content (AvgIpc) is 2.32. The van der Waals surface area contributed by atoms with Crippen LogP contribution in [0, 0.1) is 23.7 Å². The van der Waals surface area contributed by atoms with Crippen molar-refractivity contribution in [3.05, 3.63) is 0 Å². The molecular formula is C18H38. The van der Waals surface area contributed by atoms with Crippen molar-refractivity contribution in [1.82, 2.24) is 0 Å². The Bertz CT molecular complexity index is 171. The predicted octanol–water partition coefficient (Wildman–Crippen LogP) is 6.69. The molecule has 0 spiro atoms. The minimum atomic E-state index is 0.874. The fourth-order valence-electron chi connectivity index (χ4n) is 3.05. The van der Waals surface area contributed by atoms with Crippen molar-refractivity contribution in [2.75, 3.05) is 0 Å². The van der Waals surface area contributed by atoms with Crippen LogP contribution in [0.5, 0.6) is 0 Å². The number of unbranched alkanes of at least 4 members (excludes halogenated alkanes) is 1. The van der Waals surface area contributed by atoms with Crippen LogP contribution in [-0.4, -0.2) is 0 Å². The van der Waals surface area contributed by atoms with Gasteiger partial charge in [-0.05, 0) is 36.5 Å². The van der Waals surface area contributed by atoms with Crippen LogP contribution >= 0.6 is 0 Å². The van der Waals surface area contributed by atoms with Crippen molar-refractivity contribution in [3.63, 3.8) is 0 Å². The van der Waals surface area contributed by atoms with Gasteiger partial charge in [0.2, 0.25) is 0 Å². The molecule has 0 rings (SSSR count). The first-order chi connectivity index (χ1) is 8.49. The Balaban J connectivity index is 3.58. The van der Waals surface area contributed by atoms with Gasteiger partial charge >= 0.3 is 0 Å². The van der Waals surface area contributed by atoms with Gasteiger partial charge in [0.15, 0.2) is 0 Å². The molecule has 0 amide bonds. The molecule has 0 aromatic carbocycles. The lowest BCUT2D eigenvalue weighted by Crippen LogP contribution is -2.05. The summed E-state index contributed by atoms with van der Waals surface area (Å²) in [5.74, 6) is 3.71. The van der Waals surface area contributed by atoms with Crippen LogP contribution in [0.2, 0.25) is 0 Å². The zero-order chi connectivity index (χ0) is 14.0. The topological polar surface area (TPSA) is 0 Å². The minimum absolute atomic E-state index is 0.874. The second kappa shape index (κ2) is 10.9. The first kappa shape index (κ1) is 18.0. The molecule has 110 valence electrons. The molecule has 0 radical (unpaired) electrons. The third-order valence-electron chi connectivity index (χ3n) is 4.44. The Morgan fingerprint density at radius 3 is 1.78 bits per heavy atom. The summed E-state index contributed by atoms with van der Waals surface area (Å²) in [5.41, 5.74) is 0. The lowest BCUT2D eigenvalue weighted by molar-refractivity contribution is 0.341. The second-order valence-corrected chi connectivity index (χ2v) is 7.04. The lowest BCUT2D eigenvalue weighted by Gasteiger charge is -2.18. The maximum Gasteiger partial charge on any atom is -0.0414 e. The zero-order valence-corrected chi connectivity index (χ0v) is 14.0. The van der Waals surface area contributed by atoms with Gasteiger partial charge in [0.25, 0.3) is 0 Å². The van der Waals surface area contributed by atoms with Crippen molar-refractivity contribution in [2.24, 2.45) is 23.7 Å². The zero-order valence-electron chi connectivity index (χ0n) is 14.0. The van der Waals surface area contributed by atoms with Gasteiger partial charge in [-0.1, -0.05) is 80.1 Å². The summed E-state index contributed by atoms with van der Waals surface area (Å²) in [7, 11) is 0. The van der Waals surface area contributed by atoms with Crippen molar-refractivity contribution >= 4 is 0 Å². The highest BCUT2D eigenvalue weighted by Gasteiger charge is 2.10. The molecule has 0 aliphatic heterocycles. The van der Waals surface area contributed by atoms with Gasteiger partial charge in [-0.25, -0.2) is 0 Å². The molecule has 0 nitrogen and oxygen atoms in total. The van der Waals surface area contributed by atoms with Crippen molar-refractivity contribution in [2.45, 2.75) is 92.9 Å². The lowest BCUT2D eigenvalue weighted by atomic mass is 9.88. The Morgan fingerprint density at radius 1 is 0.667 bits per heavy atom. The van der Waals surface area contributed by atoms with E-state index in [0.717, 1.165) is 23.7 Å².